The zero-order chi connectivity index (χ0) is 36.1. The molecule has 0 aliphatic rings. The number of rotatable bonds is 37. The average molecular weight is 722 g/mol. The molecule has 1 amide bonds. The monoisotopic (exact) mass is 721 g/mol. The number of para-hydroxylation sites is 1. The number of nitrogens with one attached hydrogen (secondary N) is 1. The van der Waals surface area contributed by atoms with E-state index in [1.165, 1.54) is 0 Å². The van der Waals surface area contributed by atoms with Gasteiger partial charge in [0.25, 0.3) is 0 Å². The van der Waals surface area contributed by atoms with Gasteiger partial charge in [-0.3, -0.25) is 0 Å². The molecule has 0 aliphatic carbocycles. The highest BCUT2D eigenvalue weighted by Crippen LogP contribution is 2.07. The van der Waals surface area contributed by atoms with Crippen molar-refractivity contribution in [3.05, 3.63) is 30.3 Å². The Bertz CT molecular complexity index is 846. The van der Waals surface area contributed by atoms with Gasteiger partial charge in [-0.2, -0.15) is 0 Å². The first kappa shape index (κ1) is 45.9. The zero-order valence-electron chi connectivity index (χ0n) is 30.6. The molecule has 1 rings (SSSR count). The molecule has 50 heavy (non-hydrogen) atoms. The SMILES string of the molecule is CC(C)(C)OC(=O)NCCOCCOCCOCCOCCOCCOCCOCCOCCOCCOCCOCCOc1ccccc1. The molecule has 0 atom stereocenters. The first-order chi connectivity index (χ1) is 24.5. The summed E-state index contributed by atoms with van der Waals surface area (Å²) >= 11 is 0. The van der Waals surface area contributed by atoms with Crippen LogP contribution < -0.4 is 10.1 Å². The van der Waals surface area contributed by atoms with Gasteiger partial charge in [-0.1, -0.05) is 18.2 Å². The number of hydrogen-bond acceptors (Lipinski definition) is 14. The molecular formula is C35H63NO14. The number of carbonyl (C=O) groups excluding carboxylic acids is 1. The largest absolute Gasteiger partial charge is 0.491 e. The quantitative estimate of drug-likeness (QED) is 0.100. The van der Waals surface area contributed by atoms with Crippen LogP contribution >= 0.6 is 0 Å². The van der Waals surface area contributed by atoms with Gasteiger partial charge >= 0.3 is 6.09 Å². The predicted molar refractivity (Wildman–Crippen MR) is 185 cm³/mol. The van der Waals surface area contributed by atoms with Gasteiger partial charge in [0, 0.05) is 6.54 Å². The van der Waals surface area contributed by atoms with E-state index in [2.05, 4.69) is 5.32 Å². The summed E-state index contributed by atoms with van der Waals surface area (Å²) in [6.07, 6.45) is -0.453. The molecule has 0 heterocycles. The summed E-state index contributed by atoms with van der Waals surface area (Å²) < 4.78 is 70.8. The Kier molecular flexibility index (Phi) is 32.3. The Morgan fingerprint density at radius 2 is 0.720 bits per heavy atom. The molecule has 1 N–H and O–H groups in total. The highest BCUT2D eigenvalue weighted by atomic mass is 16.6. The first-order valence-corrected chi connectivity index (χ1v) is 17.5. The van der Waals surface area contributed by atoms with E-state index in [0.29, 0.717) is 159 Å². The van der Waals surface area contributed by atoms with Crippen molar-refractivity contribution in [2.45, 2.75) is 26.4 Å². The molecule has 0 saturated carbocycles. The maximum absolute atomic E-state index is 11.5. The number of alkyl carbamates (subject to hydrolysis) is 1. The van der Waals surface area contributed by atoms with Crippen molar-refractivity contribution in [3.8, 4) is 5.75 Å². The maximum Gasteiger partial charge on any atom is 0.407 e. The van der Waals surface area contributed by atoms with Crippen molar-refractivity contribution >= 4 is 6.09 Å². The topological polar surface area (TPSA) is 149 Å². The first-order valence-electron chi connectivity index (χ1n) is 17.5. The summed E-state index contributed by atoms with van der Waals surface area (Å²) in [6.45, 7) is 17.1. The smallest absolute Gasteiger partial charge is 0.407 e. The van der Waals surface area contributed by atoms with Crippen molar-refractivity contribution in [1.82, 2.24) is 5.32 Å². The van der Waals surface area contributed by atoms with Gasteiger partial charge in [-0.25, -0.2) is 4.79 Å². The van der Waals surface area contributed by atoms with Crippen molar-refractivity contribution in [1.29, 1.82) is 0 Å². The molecule has 0 aromatic heterocycles. The minimum Gasteiger partial charge on any atom is -0.491 e. The van der Waals surface area contributed by atoms with Crippen LogP contribution in [0.15, 0.2) is 30.3 Å². The number of benzene rings is 1. The fraction of sp³-hybridized carbons (Fsp3) is 0.800. The van der Waals surface area contributed by atoms with Crippen LogP contribution in [0, 0.1) is 0 Å². The molecule has 292 valence electrons. The van der Waals surface area contributed by atoms with Crippen molar-refractivity contribution in [2.75, 3.05) is 159 Å². The zero-order valence-corrected chi connectivity index (χ0v) is 30.6. The van der Waals surface area contributed by atoms with E-state index in [4.69, 9.17) is 61.6 Å². The number of hydrogen-bond donors (Lipinski definition) is 1. The molecule has 0 bridgehead atoms. The number of amides is 1. The lowest BCUT2D eigenvalue weighted by atomic mass is 10.2. The highest BCUT2D eigenvalue weighted by Gasteiger charge is 2.15. The normalized spacial score (nSPS) is 11.6. The van der Waals surface area contributed by atoms with Gasteiger partial charge in [0.2, 0.25) is 0 Å². The fourth-order valence-corrected chi connectivity index (χ4v) is 3.58. The Balaban J connectivity index is 1.63. The minimum absolute atomic E-state index is 0.382. The van der Waals surface area contributed by atoms with Crippen LogP contribution in [-0.2, 0) is 56.8 Å². The molecule has 0 radical (unpaired) electrons. The summed E-state index contributed by atoms with van der Waals surface area (Å²) in [4.78, 5) is 11.5. The summed E-state index contributed by atoms with van der Waals surface area (Å²) in [5.41, 5.74) is -0.513. The average Bonchev–Trinajstić information content (AvgIpc) is 3.09. The second kappa shape index (κ2) is 35.3. The lowest BCUT2D eigenvalue weighted by molar-refractivity contribution is -0.0277. The van der Waals surface area contributed by atoms with Gasteiger partial charge < -0.3 is 66.9 Å². The molecule has 1 aromatic rings. The Labute approximate surface area is 298 Å². The molecule has 0 aliphatic heterocycles. The fourth-order valence-electron chi connectivity index (χ4n) is 3.58. The summed E-state index contributed by atoms with van der Waals surface area (Å²) in [7, 11) is 0. The van der Waals surface area contributed by atoms with Gasteiger partial charge in [0.05, 0.1) is 145 Å². The predicted octanol–water partition coefficient (Wildman–Crippen LogP) is 2.77. The summed E-state index contributed by atoms with van der Waals surface area (Å²) in [5, 5.41) is 2.63. The highest BCUT2D eigenvalue weighted by molar-refractivity contribution is 5.67. The van der Waals surface area contributed by atoms with Crippen molar-refractivity contribution in [3.63, 3.8) is 0 Å². The van der Waals surface area contributed by atoms with Crippen LogP contribution in [0.3, 0.4) is 0 Å². The van der Waals surface area contributed by atoms with E-state index in [1.54, 1.807) is 0 Å². The second-order valence-corrected chi connectivity index (χ2v) is 11.3. The van der Waals surface area contributed by atoms with Crippen LogP contribution in [0.4, 0.5) is 4.79 Å². The van der Waals surface area contributed by atoms with Crippen molar-refractivity contribution in [2.24, 2.45) is 0 Å². The van der Waals surface area contributed by atoms with E-state index in [1.807, 2.05) is 51.1 Å². The molecule has 0 fully saturated rings. The third-order valence-electron chi connectivity index (χ3n) is 5.87. The lowest BCUT2D eigenvalue weighted by Crippen LogP contribution is -2.34. The summed E-state index contributed by atoms with van der Waals surface area (Å²) in [5.74, 6) is 0.840. The Morgan fingerprint density at radius 1 is 0.440 bits per heavy atom. The van der Waals surface area contributed by atoms with E-state index in [-0.39, 0.29) is 0 Å². The third-order valence-corrected chi connectivity index (χ3v) is 5.87. The second-order valence-electron chi connectivity index (χ2n) is 11.3. The van der Waals surface area contributed by atoms with Gasteiger partial charge in [-0.15, -0.1) is 0 Å². The Hall–Kier alpha value is -2.15. The third kappa shape index (κ3) is 35.7. The van der Waals surface area contributed by atoms with Crippen LogP contribution in [0.5, 0.6) is 5.75 Å². The molecule has 0 spiro atoms. The number of ether oxygens (including phenoxy) is 13. The molecule has 1 aromatic carbocycles. The van der Waals surface area contributed by atoms with Gasteiger partial charge in [0.15, 0.2) is 0 Å². The molecular weight excluding hydrogens is 658 g/mol. The van der Waals surface area contributed by atoms with Gasteiger partial charge in [-0.05, 0) is 32.9 Å². The van der Waals surface area contributed by atoms with E-state index >= 15 is 0 Å². The maximum atomic E-state index is 11.5. The lowest BCUT2D eigenvalue weighted by Gasteiger charge is -2.19. The van der Waals surface area contributed by atoms with Crippen LogP contribution in [-0.4, -0.2) is 170 Å². The van der Waals surface area contributed by atoms with E-state index in [0.717, 1.165) is 5.75 Å². The van der Waals surface area contributed by atoms with Crippen LogP contribution in [0.25, 0.3) is 0 Å². The van der Waals surface area contributed by atoms with Crippen LogP contribution in [0.1, 0.15) is 20.8 Å². The summed E-state index contributed by atoms with van der Waals surface area (Å²) in [6, 6.07) is 9.66. The Morgan fingerprint density at radius 3 is 1.02 bits per heavy atom. The van der Waals surface area contributed by atoms with E-state index in [9.17, 15) is 4.79 Å². The molecule has 0 saturated heterocycles. The molecule has 15 heteroatoms. The van der Waals surface area contributed by atoms with Crippen molar-refractivity contribution < 1.29 is 66.4 Å². The molecule has 15 nitrogen and oxygen atoms in total. The number of carbonyl (C=O) groups is 1. The van der Waals surface area contributed by atoms with Gasteiger partial charge in [0.1, 0.15) is 18.0 Å². The van der Waals surface area contributed by atoms with E-state index < -0.39 is 11.7 Å². The van der Waals surface area contributed by atoms with Crippen LogP contribution in [0.2, 0.25) is 0 Å². The minimum atomic E-state index is -0.513. The molecule has 0 unspecified atom stereocenters. The standard InChI is InChI=1S/C35H63NO14/c1-35(2,3)50-34(37)36-9-10-38-11-12-39-13-14-40-15-16-41-17-18-42-19-20-43-21-22-44-23-24-45-25-26-46-27-28-47-29-30-48-31-32-49-33-7-5-4-6-8-33/h4-8H,9-32H2,1-3H3,(H,36,37).